The molecule has 2 N–H and O–H groups in total. The lowest BCUT2D eigenvalue weighted by Gasteiger charge is -2.38. The summed E-state index contributed by atoms with van der Waals surface area (Å²) >= 11 is 0. The first-order valence-electron chi connectivity index (χ1n) is 6.27. The van der Waals surface area contributed by atoms with Crippen LogP contribution in [0.1, 0.15) is 25.7 Å². The number of pyridine rings is 1. The zero-order valence-electron chi connectivity index (χ0n) is 10.3. The summed E-state index contributed by atoms with van der Waals surface area (Å²) in [6, 6.07) is 3.63. The monoisotopic (exact) mass is 237 g/mol. The minimum atomic E-state index is -0.291. The molecular formula is C13H20FN3. The summed E-state index contributed by atoms with van der Waals surface area (Å²) in [5.74, 6) is 1.07. The van der Waals surface area contributed by atoms with Crippen molar-refractivity contribution in [3.05, 3.63) is 24.1 Å². The minimum absolute atomic E-state index is 0.291. The number of anilines is 1. The molecule has 1 heterocycles. The van der Waals surface area contributed by atoms with Crippen LogP contribution < -0.4 is 10.6 Å². The predicted molar refractivity (Wildman–Crippen MR) is 67.4 cm³/mol. The fourth-order valence-corrected chi connectivity index (χ4v) is 2.72. The molecule has 94 valence electrons. The fraction of sp³-hybridized carbons (Fsp3) is 0.615. The Labute approximate surface area is 102 Å². The lowest BCUT2D eigenvalue weighted by molar-refractivity contribution is 0.305. The Morgan fingerprint density at radius 2 is 2.18 bits per heavy atom. The third kappa shape index (κ3) is 2.75. The highest BCUT2D eigenvalue weighted by molar-refractivity contribution is 5.38. The second kappa shape index (κ2) is 5.45. The molecule has 4 heteroatoms. The summed E-state index contributed by atoms with van der Waals surface area (Å²) in [5, 5.41) is 0. The van der Waals surface area contributed by atoms with Crippen LogP contribution in [0.5, 0.6) is 0 Å². The van der Waals surface area contributed by atoms with Crippen molar-refractivity contribution in [1.29, 1.82) is 0 Å². The molecule has 0 saturated heterocycles. The van der Waals surface area contributed by atoms with Gasteiger partial charge in [-0.3, -0.25) is 0 Å². The summed E-state index contributed by atoms with van der Waals surface area (Å²) in [6.45, 7) is 0.718. The second-order valence-corrected chi connectivity index (χ2v) is 4.79. The standard InChI is InChI=1S/C13H20FN3/c1-17(13-7-6-11(14)9-16-13)12-5-3-2-4-10(12)8-15/h6-7,9-10,12H,2-5,8,15H2,1H3. The first-order valence-corrected chi connectivity index (χ1v) is 6.27. The van der Waals surface area contributed by atoms with E-state index in [2.05, 4.69) is 9.88 Å². The van der Waals surface area contributed by atoms with Gasteiger partial charge < -0.3 is 10.6 Å². The molecule has 1 fully saturated rings. The van der Waals surface area contributed by atoms with E-state index in [9.17, 15) is 4.39 Å². The number of nitrogens with two attached hydrogens (primary N) is 1. The van der Waals surface area contributed by atoms with Crippen molar-refractivity contribution in [2.75, 3.05) is 18.5 Å². The van der Waals surface area contributed by atoms with Gasteiger partial charge in [-0.25, -0.2) is 9.37 Å². The van der Waals surface area contributed by atoms with Crippen LogP contribution in [0.25, 0.3) is 0 Å². The van der Waals surface area contributed by atoms with Crippen LogP contribution in [0.3, 0.4) is 0 Å². The average Bonchev–Trinajstić information content (AvgIpc) is 2.39. The summed E-state index contributed by atoms with van der Waals surface area (Å²) in [4.78, 5) is 6.28. The number of hydrogen-bond donors (Lipinski definition) is 1. The summed E-state index contributed by atoms with van der Waals surface area (Å²) in [6.07, 6.45) is 6.12. The van der Waals surface area contributed by atoms with Gasteiger partial charge in [0.15, 0.2) is 0 Å². The fourth-order valence-electron chi connectivity index (χ4n) is 2.72. The van der Waals surface area contributed by atoms with Crippen LogP contribution in [0.2, 0.25) is 0 Å². The van der Waals surface area contributed by atoms with Gasteiger partial charge in [0.05, 0.1) is 6.20 Å². The molecule has 3 nitrogen and oxygen atoms in total. The Balaban J connectivity index is 2.12. The van der Waals surface area contributed by atoms with E-state index in [1.807, 2.05) is 7.05 Å². The third-order valence-corrected chi connectivity index (χ3v) is 3.74. The highest BCUT2D eigenvalue weighted by atomic mass is 19.1. The average molecular weight is 237 g/mol. The molecule has 2 atom stereocenters. The second-order valence-electron chi connectivity index (χ2n) is 4.79. The quantitative estimate of drug-likeness (QED) is 0.876. The molecule has 0 bridgehead atoms. The van der Waals surface area contributed by atoms with Gasteiger partial charge in [-0.05, 0) is 37.4 Å². The van der Waals surface area contributed by atoms with Gasteiger partial charge in [-0.15, -0.1) is 0 Å². The highest BCUT2D eigenvalue weighted by Crippen LogP contribution is 2.29. The molecule has 2 unspecified atom stereocenters. The van der Waals surface area contributed by atoms with Crippen molar-refractivity contribution < 1.29 is 4.39 Å². The Hall–Kier alpha value is -1.16. The zero-order chi connectivity index (χ0) is 12.3. The van der Waals surface area contributed by atoms with E-state index in [4.69, 9.17) is 5.73 Å². The van der Waals surface area contributed by atoms with Crippen LogP contribution in [-0.4, -0.2) is 24.6 Å². The van der Waals surface area contributed by atoms with Crippen LogP contribution in [0, 0.1) is 11.7 Å². The maximum atomic E-state index is 12.8. The van der Waals surface area contributed by atoms with Crippen LogP contribution in [0.15, 0.2) is 18.3 Å². The molecule has 17 heavy (non-hydrogen) atoms. The predicted octanol–water partition coefficient (Wildman–Crippen LogP) is 2.17. The van der Waals surface area contributed by atoms with E-state index in [1.165, 1.54) is 31.5 Å². The Bertz CT molecular complexity index is 352. The Morgan fingerprint density at radius 1 is 1.41 bits per heavy atom. The number of aromatic nitrogens is 1. The normalized spacial score (nSPS) is 24.6. The highest BCUT2D eigenvalue weighted by Gasteiger charge is 2.27. The van der Waals surface area contributed by atoms with Gasteiger partial charge in [-0.2, -0.15) is 0 Å². The van der Waals surface area contributed by atoms with Crippen molar-refractivity contribution in [2.24, 2.45) is 11.7 Å². The molecule has 1 saturated carbocycles. The van der Waals surface area contributed by atoms with Gasteiger partial charge >= 0.3 is 0 Å². The molecule has 0 aliphatic heterocycles. The van der Waals surface area contributed by atoms with Gasteiger partial charge in [-0.1, -0.05) is 12.8 Å². The van der Waals surface area contributed by atoms with Crippen LogP contribution in [-0.2, 0) is 0 Å². The van der Waals surface area contributed by atoms with Crippen molar-refractivity contribution in [3.63, 3.8) is 0 Å². The maximum absolute atomic E-state index is 12.8. The number of halogens is 1. The van der Waals surface area contributed by atoms with Crippen LogP contribution >= 0.6 is 0 Å². The zero-order valence-corrected chi connectivity index (χ0v) is 10.3. The van der Waals surface area contributed by atoms with Crippen molar-refractivity contribution in [2.45, 2.75) is 31.7 Å². The lowest BCUT2D eigenvalue weighted by atomic mass is 9.84. The smallest absolute Gasteiger partial charge is 0.141 e. The first-order chi connectivity index (χ1) is 8.22. The molecule has 0 spiro atoms. The topological polar surface area (TPSA) is 42.2 Å². The van der Waals surface area contributed by atoms with Crippen molar-refractivity contribution >= 4 is 5.82 Å². The SMILES string of the molecule is CN(c1ccc(F)cn1)C1CCCCC1CN. The van der Waals surface area contributed by atoms with Crippen LogP contribution in [0.4, 0.5) is 10.2 Å². The van der Waals surface area contributed by atoms with Gasteiger partial charge in [0, 0.05) is 13.1 Å². The molecule has 1 aromatic rings. The van der Waals surface area contributed by atoms with E-state index in [0.717, 1.165) is 18.8 Å². The largest absolute Gasteiger partial charge is 0.356 e. The number of nitrogens with zero attached hydrogens (tertiary/aromatic N) is 2. The van der Waals surface area contributed by atoms with E-state index in [1.54, 1.807) is 6.07 Å². The first kappa shape index (κ1) is 12.3. The minimum Gasteiger partial charge on any atom is -0.356 e. The van der Waals surface area contributed by atoms with E-state index >= 15 is 0 Å². The van der Waals surface area contributed by atoms with Gasteiger partial charge in [0.2, 0.25) is 0 Å². The Kier molecular flexibility index (Phi) is 3.94. The molecule has 1 aromatic heterocycles. The van der Waals surface area contributed by atoms with Gasteiger partial charge in [0.1, 0.15) is 11.6 Å². The summed E-state index contributed by atoms with van der Waals surface area (Å²) in [5.41, 5.74) is 5.83. The van der Waals surface area contributed by atoms with Gasteiger partial charge in [0.25, 0.3) is 0 Å². The van der Waals surface area contributed by atoms with E-state index in [-0.39, 0.29) is 5.82 Å². The molecule has 0 amide bonds. The number of hydrogen-bond acceptors (Lipinski definition) is 3. The molecular weight excluding hydrogens is 217 g/mol. The number of rotatable bonds is 3. The Morgan fingerprint density at radius 3 is 2.82 bits per heavy atom. The third-order valence-electron chi connectivity index (χ3n) is 3.74. The molecule has 1 aliphatic rings. The van der Waals surface area contributed by atoms with E-state index in [0.29, 0.717) is 12.0 Å². The van der Waals surface area contributed by atoms with E-state index < -0.39 is 0 Å². The molecule has 0 aromatic carbocycles. The molecule has 1 aliphatic carbocycles. The maximum Gasteiger partial charge on any atom is 0.141 e. The van der Waals surface area contributed by atoms with Crippen molar-refractivity contribution in [1.82, 2.24) is 4.98 Å². The summed E-state index contributed by atoms with van der Waals surface area (Å²) in [7, 11) is 2.03. The summed E-state index contributed by atoms with van der Waals surface area (Å²) < 4.78 is 12.8. The lowest BCUT2D eigenvalue weighted by Crippen LogP contribution is -2.43. The van der Waals surface area contributed by atoms with Crippen molar-refractivity contribution in [3.8, 4) is 0 Å². The molecule has 0 radical (unpaired) electrons. The molecule has 2 rings (SSSR count).